The van der Waals surface area contributed by atoms with Crippen molar-refractivity contribution in [3.05, 3.63) is 84.4 Å². The average Bonchev–Trinajstić information content (AvgIpc) is 3.25. The topological polar surface area (TPSA) is 93.1 Å². The Morgan fingerprint density at radius 1 is 1.14 bits per heavy atom. The highest BCUT2D eigenvalue weighted by molar-refractivity contribution is 7.89. The summed E-state index contributed by atoms with van der Waals surface area (Å²) in [6.45, 7) is 3.01. The predicted molar refractivity (Wildman–Crippen MR) is 111 cm³/mol. The van der Waals surface area contributed by atoms with E-state index in [1.165, 1.54) is 12.1 Å². The standard InChI is InChI=1S/C21H24N4O3S/c1-17(18-7-3-2-4-8-18)24-29(27,28)20-10-5-9-19(15-20)21(26)23-11-6-13-25-14-12-22-16-25/h2-5,7-10,12,14-17,24H,6,11,13H2,1H3,(H,23,26). The monoisotopic (exact) mass is 412 g/mol. The molecule has 2 aromatic carbocycles. The molecule has 2 N–H and O–H groups in total. The van der Waals surface area contributed by atoms with Crippen molar-refractivity contribution in [1.29, 1.82) is 0 Å². The molecule has 152 valence electrons. The molecule has 1 unspecified atom stereocenters. The quantitative estimate of drug-likeness (QED) is 0.529. The molecule has 8 heteroatoms. The van der Waals surface area contributed by atoms with Crippen molar-refractivity contribution < 1.29 is 13.2 Å². The van der Waals surface area contributed by atoms with Crippen LogP contribution >= 0.6 is 0 Å². The van der Waals surface area contributed by atoms with E-state index in [1.807, 2.05) is 41.1 Å². The van der Waals surface area contributed by atoms with Crippen LogP contribution in [0.3, 0.4) is 0 Å². The van der Waals surface area contributed by atoms with E-state index >= 15 is 0 Å². The first kappa shape index (κ1) is 20.8. The fourth-order valence-electron chi connectivity index (χ4n) is 2.90. The molecular formula is C21H24N4O3S. The molecule has 0 fully saturated rings. The molecule has 0 saturated heterocycles. The van der Waals surface area contributed by atoms with Crippen LogP contribution in [0.25, 0.3) is 0 Å². The van der Waals surface area contributed by atoms with E-state index in [0.717, 1.165) is 18.5 Å². The minimum Gasteiger partial charge on any atom is -0.352 e. The van der Waals surface area contributed by atoms with Gasteiger partial charge in [-0.3, -0.25) is 4.79 Å². The number of benzene rings is 2. The van der Waals surface area contributed by atoms with Crippen molar-refractivity contribution in [2.24, 2.45) is 0 Å². The number of aryl methyl sites for hydroxylation is 1. The Morgan fingerprint density at radius 3 is 2.66 bits per heavy atom. The van der Waals surface area contributed by atoms with E-state index in [0.29, 0.717) is 12.1 Å². The highest BCUT2D eigenvalue weighted by Gasteiger charge is 2.19. The molecule has 29 heavy (non-hydrogen) atoms. The lowest BCUT2D eigenvalue weighted by Gasteiger charge is -2.15. The lowest BCUT2D eigenvalue weighted by molar-refractivity contribution is 0.0952. The number of carbonyl (C=O) groups is 1. The third kappa shape index (κ3) is 5.75. The van der Waals surface area contributed by atoms with Gasteiger partial charge in [0, 0.05) is 37.1 Å². The zero-order valence-electron chi connectivity index (χ0n) is 16.2. The van der Waals surface area contributed by atoms with Gasteiger partial charge >= 0.3 is 0 Å². The number of nitrogens with one attached hydrogen (secondary N) is 2. The molecule has 0 aliphatic rings. The molecular weight excluding hydrogens is 388 g/mol. The van der Waals surface area contributed by atoms with Gasteiger partial charge in [0.05, 0.1) is 11.2 Å². The first-order valence-electron chi connectivity index (χ1n) is 9.37. The van der Waals surface area contributed by atoms with Crippen LogP contribution in [0.2, 0.25) is 0 Å². The third-order valence-electron chi connectivity index (χ3n) is 4.48. The van der Waals surface area contributed by atoms with Crippen LogP contribution in [0.5, 0.6) is 0 Å². The van der Waals surface area contributed by atoms with E-state index in [9.17, 15) is 13.2 Å². The van der Waals surface area contributed by atoms with Crippen molar-refractivity contribution in [2.45, 2.75) is 30.8 Å². The van der Waals surface area contributed by atoms with Gasteiger partial charge in [-0.15, -0.1) is 0 Å². The van der Waals surface area contributed by atoms with Gasteiger partial charge in [-0.1, -0.05) is 36.4 Å². The molecule has 0 saturated carbocycles. The largest absolute Gasteiger partial charge is 0.352 e. The Balaban J connectivity index is 1.60. The van der Waals surface area contributed by atoms with E-state index in [-0.39, 0.29) is 16.8 Å². The van der Waals surface area contributed by atoms with Gasteiger partial charge in [0.15, 0.2) is 0 Å². The third-order valence-corrected chi connectivity index (χ3v) is 6.01. The molecule has 3 aromatic rings. The molecule has 3 rings (SSSR count). The number of carbonyl (C=O) groups excluding carboxylic acids is 1. The molecule has 0 aliphatic heterocycles. The van der Waals surface area contributed by atoms with Crippen LogP contribution in [0.4, 0.5) is 0 Å². The van der Waals surface area contributed by atoms with Crippen LogP contribution in [-0.2, 0) is 16.6 Å². The summed E-state index contributed by atoms with van der Waals surface area (Å²) < 4.78 is 30.0. The van der Waals surface area contributed by atoms with Crippen molar-refractivity contribution in [3.63, 3.8) is 0 Å². The highest BCUT2D eigenvalue weighted by Crippen LogP contribution is 2.17. The molecule has 1 amide bonds. The molecule has 7 nitrogen and oxygen atoms in total. The minimum atomic E-state index is -3.76. The number of imidazole rings is 1. The van der Waals surface area contributed by atoms with Crippen molar-refractivity contribution in [2.75, 3.05) is 6.54 Å². The lowest BCUT2D eigenvalue weighted by Crippen LogP contribution is -2.28. The summed E-state index contributed by atoms with van der Waals surface area (Å²) in [4.78, 5) is 16.4. The molecule has 0 radical (unpaired) electrons. The van der Waals surface area contributed by atoms with Crippen LogP contribution in [-0.4, -0.2) is 30.4 Å². The SMILES string of the molecule is CC(NS(=O)(=O)c1cccc(C(=O)NCCCn2ccnc2)c1)c1ccccc1. The van der Waals surface area contributed by atoms with Crippen LogP contribution in [0.15, 0.2) is 78.2 Å². The molecule has 0 spiro atoms. The predicted octanol–water partition coefficient (Wildman–Crippen LogP) is 2.74. The number of aromatic nitrogens is 2. The smallest absolute Gasteiger partial charge is 0.251 e. The Labute approximate surface area is 170 Å². The fraction of sp³-hybridized carbons (Fsp3) is 0.238. The second-order valence-electron chi connectivity index (χ2n) is 6.69. The van der Waals surface area contributed by atoms with E-state index < -0.39 is 10.0 Å². The first-order valence-corrected chi connectivity index (χ1v) is 10.9. The number of hydrogen-bond acceptors (Lipinski definition) is 4. The Bertz CT molecular complexity index is 1030. The summed E-state index contributed by atoms with van der Waals surface area (Å²) in [5.74, 6) is -0.302. The summed E-state index contributed by atoms with van der Waals surface area (Å²) in [5, 5.41) is 2.82. The van der Waals surface area contributed by atoms with Crippen LogP contribution in [0, 0.1) is 0 Å². The summed E-state index contributed by atoms with van der Waals surface area (Å²) in [7, 11) is -3.76. The van der Waals surface area contributed by atoms with Gasteiger partial charge in [0.2, 0.25) is 10.0 Å². The summed E-state index contributed by atoms with van der Waals surface area (Å²) >= 11 is 0. The average molecular weight is 413 g/mol. The molecule has 1 heterocycles. The Hall–Kier alpha value is -2.97. The maximum absolute atomic E-state index is 12.7. The van der Waals surface area contributed by atoms with Gasteiger partial charge in [-0.2, -0.15) is 0 Å². The zero-order valence-corrected chi connectivity index (χ0v) is 17.0. The Kier molecular flexibility index (Phi) is 6.79. The summed E-state index contributed by atoms with van der Waals surface area (Å²) in [6, 6.07) is 15.0. The lowest BCUT2D eigenvalue weighted by atomic mass is 10.1. The number of amides is 1. The van der Waals surface area contributed by atoms with E-state index in [4.69, 9.17) is 0 Å². The molecule has 1 aromatic heterocycles. The fourth-order valence-corrected chi connectivity index (χ4v) is 4.18. The van der Waals surface area contributed by atoms with Crippen molar-refractivity contribution in [3.8, 4) is 0 Å². The summed E-state index contributed by atoms with van der Waals surface area (Å²) in [6.07, 6.45) is 6.03. The van der Waals surface area contributed by atoms with Gasteiger partial charge in [0.25, 0.3) is 5.91 Å². The number of hydrogen-bond donors (Lipinski definition) is 2. The van der Waals surface area contributed by atoms with Crippen LogP contribution in [0.1, 0.15) is 35.3 Å². The molecule has 1 atom stereocenters. The highest BCUT2D eigenvalue weighted by atomic mass is 32.2. The van der Waals surface area contributed by atoms with Gasteiger partial charge in [-0.05, 0) is 37.1 Å². The second-order valence-corrected chi connectivity index (χ2v) is 8.41. The normalized spacial score (nSPS) is 12.4. The Morgan fingerprint density at radius 2 is 1.93 bits per heavy atom. The van der Waals surface area contributed by atoms with E-state index in [2.05, 4.69) is 15.0 Å². The summed E-state index contributed by atoms with van der Waals surface area (Å²) in [5.41, 5.74) is 1.17. The van der Waals surface area contributed by atoms with Gasteiger partial charge in [-0.25, -0.2) is 18.1 Å². The van der Waals surface area contributed by atoms with Gasteiger partial charge in [0.1, 0.15) is 0 Å². The maximum atomic E-state index is 12.7. The minimum absolute atomic E-state index is 0.0614. The number of sulfonamides is 1. The van der Waals surface area contributed by atoms with Crippen molar-refractivity contribution >= 4 is 15.9 Å². The maximum Gasteiger partial charge on any atom is 0.251 e. The zero-order chi connectivity index (χ0) is 20.7. The molecule has 0 bridgehead atoms. The van der Waals surface area contributed by atoms with Gasteiger partial charge < -0.3 is 9.88 Å². The number of nitrogens with zero attached hydrogens (tertiary/aromatic N) is 2. The van der Waals surface area contributed by atoms with Crippen LogP contribution < -0.4 is 10.0 Å². The molecule has 0 aliphatic carbocycles. The van der Waals surface area contributed by atoms with Crippen molar-refractivity contribution in [1.82, 2.24) is 19.6 Å². The van der Waals surface area contributed by atoms with E-state index in [1.54, 1.807) is 31.6 Å². The number of rotatable bonds is 9. The first-order chi connectivity index (χ1) is 14.0. The second kappa shape index (κ2) is 9.49.